The standard InChI is InChI=1S/C14H30N2O2/c1-6-15-14-7-8-16(12(3)11(14)2)9-13(18-5)10-17-4/h11-15H,6-10H2,1-5H3. The molecule has 1 rings (SSSR count). The Hall–Kier alpha value is -0.160. The normalized spacial score (nSPS) is 31.5. The fraction of sp³-hybridized carbons (Fsp3) is 1.00. The van der Waals surface area contributed by atoms with Crippen LogP contribution in [-0.2, 0) is 9.47 Å². The van der Waals surface area contributed by atoms with Crippen molar-refractivity contribution < 1.29 is 9.47 Å². The lowest BCUT2D eigenvalue weighted by atomic mass is 9.87. The lowest BCUT2D eigenvalue weighted by Crippen LogP contribution is -2.55. The Morgan fingerprint density at radius 1 is 1.33 bits per heavy atom. The maximum absolute atomic E-state index is 5.47. The van der Waals surface area contributed by atoms with Crippen LogP contribution in [0.25, 0.3) is 0 Å². The van der Waals surface area contributed by atoms with Crippen molar-refractivity contribution in [3.05, 3.63) is 0 Å². The molecular weight excluding hydrogens is 228 g/mol. The van der Waals surface area contributed by atoms with Gasteiger partial charge in [-0.15, -0.1) is 0 Å². The topological polar surface area (TPSA) is 33.7 Å². The number of methoxy groups -OCH3 is 2. The number of hydrogen-bond donors (Lipinski definition) is 1. The molecule has 0 aromatic carbocycles. The van der Waals surface area contributed by atoms with Gasteiger partial charge < -0.3 is 14.8 Å². The first-order valence-corrected chi connectivity index (χ1v) is 7.13. The minimum Gasteiger partial charge on any atom is -0.382 e. The third-order valence-corrected chi connectivity index (χ3v) is 4.29. The molecule has 108 valence electrons. The zero-order chi connectivity index (χ0) is 13.5. The molecule has 1 aliphatic heterocycles. The molecule has 1 fully saturated rings. The summed E-state index contributed by atoms with van der Waals surface area (Å²) in [4.78, 5) is 2.53. The lowest BCUT2D eigenvalue weighted by molar-refractivity contribution is -0.0185. The van der Waals surface area contributed by atoms with Crippen LogP contribution in [0.4, 0.5) is 0 Å². The molecule has 0 radical (unpaired) electrons. The summed E-state index contributed by atoms with van der Waals surface area (Å²) >= 11 is 0. The van der Waals surface area contributed by atoms with Crippen molar-refractivity contribution in [3.63, 3.8) is 0 Å². The summed E-state index contributed by atoms with van der Waals surface area (Å²) < 4.78 is 10.7. The van der Waals surface area contributed by atoms with Gasteiger partial charge in [0.05, 0.1) is 12.7 Å². The van der Waals surface area contributed by atoms with E-state index in [-0.39, 0.29) is 6.10 Å². The molecule has 1 N–H and O–H groups in total. The summed E-state index contributed by atoms with van der Waals surface area (Å²) in [5.41, 5.74) is 0. The Kier molecular flexibility index (Phi) is 7.15. The maximum atomic E-state index is 5.47. The van der Waals surface area contributed by atoms with Crippen molar-refractivity contribution in [3.8, 4) is 0 Å². The van der Waals surface area contributed by atoms with Gasteiger partial charge in [0.1, 0.15) is 0 Å². The molecule has 4 heteroatoms. The highest BCUT2D eigenvalue weighted by atomic mass is 16.5. The van der Waals surface area contributed by atoms with Crippen LogP contribution in [-0.4, -0.2) is 63.5 Å². The Morgan fingerprint density at radius 2 is 2.06 bits per heavy atom. The van der Waals surface area contributed by atoms with Gasteiger partial charge in [-0.3, -0.25) is 4.90 Å². The fourth-order valence-corrected chi connectivity index (χ4v) is 2.89. The largest absolute Gasteiger partial charge is 0.382 e. The summed E-state index contributed by atoms with van der Waals surface area (Å²) in [6.45, 7) is 10.7. The van der Waals surface area contributed by atoms with E-state index in [0.29, 0.717) is 24.6 Å². The van der Waals surface area contributed by atoms with Gasteiger partial charge in [0, 0.05) is 39.4 Å². The predicted molar refractivity (Wildman–Crippen MR) is 75.0 cm³/mol. The number of ether oxygens (including phenoxy) is 2. The van der Waals surface area contributed by atoms with E-state index < -0.39 is 0 Å². The van der Waals surface area contributed by atoms with Gasteiger partial charge in [0.15, 0.2) is 0 Å². The van der Waals surface area contributed by atoms with Crippen LogP contribution in [0.3, 0.4) is 0 Å². The van der Waals surface area contributed by atoms with E-state index in [4.69, 9.17) is 9.47 Å². The van der Waals surface area contributed by atoms with Crippen LogP contribution in [0.5, 0.6) is 0 Å². The zero-order valence-electron chi connectivity index (χ0n) is 12.6. The van der Waals surface area contributed by atoms with Crippen LogP contribution in [0, 0.1) is 5.92 Å². The van der Waals surface area contributed by atoms with E-state index >= 15 is 0 Å². The third-order valence-electron chi connectivity index (χ3n) is 4.29. The second kappa shape index (κ2) is 8.10. The van der Waals surface area contributed by atoms with Crippen molar-refractivity contribution >= 4 is 0 Å². The number of hydrogen-bond acceptors (Lipinski definition) is 4. The van der Waals surface area contributed by atoms with E-state index in [1.54, 1.807) is 14.2 Å². The minimum atomic E-state index is 0.181. The molecule has 0 aromatic rings. The third kappa shape index (κ3) is 4.19. The average Bonchev–Trinajstić information content (AvgIpc) is 2.37. The van der Waals surface area contributed by atoms with Crippen LogP contribution >= 0.6 is 0 Å². The van der Waals surface area contributed by atoms with Crippen molar-refractivity contribution in [2.24, 2.45) is 5.92 Å². The zero-order valence-corrected chi connectivity index (χ0v) is 12.6. The van der Waals surface area contributed by atoms with Crippen LogP contribution in [0.2, 0.25) is 0 Å². The smallest absolute Gasteiger partial charge is 0.0931 e. The van der Waals surface area contributed by atoms with Crippen LogP contribution in [0.1, 0.15) is 27.2 Å². The molecule has 0 bridgehead atoms. The van der Waals surface area contributed by atoms with Crippen LogP contribution in [0.15, 0.2) is 0 Å². The summed E-state index contributed by atoms with van der Waals surface area (Å²) in [5, 5.41) is 3.60. The quantitative estimate of drug-likeness (QED) is 0.747. The molecule has 1 saturated heterocycles. The number of nitrogens with zero attached hydrogens (tertiary/aromatic N) is 1. The van der Waals surface area contributed by atoms with Gasteiger partial charge in [-0.1, -0.05) is 13.8 Å². The Balaban J connectivity index is 2.48. The molecule has 4 atom stereocenters. The Labute approximate surface area is 112 Å². The number of piperidine rings is 1. The van der Waals surface area contributed by atoms with Crippen LogP contribution < -0.4 is 5.32 Å². The molecular formula is C14H30N2O2. The van der Waals surface area contributed by atoms with Gasteiger partial charge in [-0.2, -0.15) is 0 Å². The summed E-state index contributed by atoms with van der Waals surface area (Å²) in [5.74, 6) is 0.679. The van der Waals surface area contributed by atoms with E-state index in [2.05, 4.69) is 31.0 Å². The number of likely N-dealkylation sites (tertiary alicyclic amines) is 1. The highest BCUT2D eigenvalue weighted by Crippen LogP contribution is 2.23. The Bertz CT molecular complexity index is 226. The second-order valence-electron chi connectivity index (χ2n) is 5.36. The molecule has 0 spiro atoms. The highest BCUT2D eigenvalue weighted by Gasteiger charge is 2.32. The van der Waals surface area contributed by atoms with E-state index in [1.807, 2.05) is 0 Å². The SMILES string of the molecule is CCNC1CCN(CC(COC)OC)C(C)C1C. The summed E-state index contributed by atoms with van der Waals surface area (Å²) in [6.07, 6.45) is 1.41. The average molecular weight is 258 g/mol. The highest BCUT2D eigenvalue weighted by molar-refractivity contribution is 4.89. The van der Waals surface area contributed by atoms with Crippen molar-refractivity contribution in [2.75, 3.05) is 40.5 Å². The van der Waals surface area contributed by atoms with E-state index in [0.717, 1.165) is 19.6 Å². The van der Waals surface area contributed by atoms with Gasteiger partial charge in [0.25, 0.3) is 0 Å². The van der Waals surface area contributed by atoms with Crippen molar-refractivity contribution in [1.29, 1.82) is 0 Å². The molecule has 4 nitrogen and oxygen atoms in total. The summed E-state index contributed by atoms with van der Waals surface area (Å²) in [6, 6.07) is 1.25. The summed E-state index contributed by atoms with van der Waals surface area (Å²) in [7, 11) is 3.50. The predicted octanol–water partition coefficient (Wildman–Crippen LogP) is 1.36. The molecule has 1 heterocycles. The number of nitrogens with one attached hydrogen (secondary N) is 1. The molecule has 0 saturated carbocycles. The fourth-order valence-electron chi connectivity index (χ4n) is 2.89. The van der Waals surface area contributed by atoms with Crippen molar-refractivity contribution in [2.45, 2.75) is 45.4 Å². The Morgan fingerprint density at radius 3 is 2.61 bits per heavy atom. The first-order valence-electron chi connectivity index (χ1n) is 7.13. The maximum Gasteiger partial charge on any atom is 0.0931 e. The monoisotopic (exact) mass is 258 g/mol. The molecule has 1 aliphatic rings. The molecule has 0 amide bonds. The van der Waals surface area contributed by atoms with Gasteiger partial charge in [-0.25, -0.2) is 0 Å². The number of rotatable bonds is 7. The van der Waals surface area contributed by atoms with Gasteiger partial charge in [0.2, 0.25) is 0 Å². The second-order valence-corrected chi connectivity index (χ2v) is 5.36. The minimum absolute atomic E-state index is 0.181. The molecule has 4 unspecified atom stereocenters. The first kappa shape index (κ1) is 15.9. The lowest BCUT2D eigenvalue weighted by Gasteiger charge is -2.44. The van der Waals surface area contributed by atoms with Gasteiger partial charge >= 0.3 is 0 Å². The van der Waals surface area contributed by atoms with Gasteiger partial charge in [-0.05, 0) is 25.8 Å². The molecule has 18 heavy (non-hydrogen) atoms. The first-order chi connectivity index (χ1) is 8.63. The van der Waals surface area contributed by atoms with Crippen molar-refractivity contribution in [1.82, 2.24) is 10.2 Å². The molecule has 0 aliphatic carbocycles. The molecule has 0 aromatic heterocycles. The van der Waals surface area contributed by atoms with E-state index in [9.17, 15) is 0 Å². The van der Waals surface area contributed by atoms with E-state index in [1.165, 1.54) is 6.42 Å².